The second-order valence-electron chi connectivity index (χ2n) is 6.78. The maximum atomic E-state index is 13.0. The van der Waals surface area contributed by atoms with Gasteiger partial charge >= 0.3 is 0 Å². The minimum Gasteiger partial charge on any atom is -0.497 e. The summed E-state index contributed by atoms with van der Waals surface area (Å²) in [7, 11) is 5.42. The van der Waals surface area contributed by atoms with Gasteiger partial charge in [-0.3, -0.25) is 9.69 Å². The van der Waals surface area contributed by atoms with Gasteiger partial charge in [-0.05, 0) is 54.9 Å². The van der Waals surface area contributed by atoms with E-state index in [4.69, 9.17) is 9.73 Å². The first-order chi connectivity index (χ1) is 13.4. The van der Waals surface area contributed by atoms with Crippen molar-refractivity contribution < 1.29 is 9.53 Å². The first kappa shape index (κ1) is 19.0. The second kappa shape index (κ2) is 7.22. The Labute approximate surface area is 173 Å². The number of nitrogens with zero attached hydrogens (tertiary/aromatic N) is 3. The maximum absolute atomic E-state index is 13.0. The van der Waals surface area contributed by atoms with Crippen molar-refractivity contribution in [2.75, 3.05) is 26.1 Å². The van der Waals surface area contributed by atoms with Crippen LogP contribution in [-0.2, 0) is 4.79 Å². The highest BCUT2D eigenvalue weighted by molar-refractivity contribution is 8.19. The first-order valence-corrected chi connectivity index (χ1v) is 10.5. The summed E-state index contributed by atoms with van der Waals surface area (Å²) in [5.74, 6) is 0.778. The third kappa shape index (κ3) is 3.18. The molecule has 144 valence electrons. The first-order valence-electron chi connectivity index (χ1n) is 8.85. The minimum atomic E-state index is -0.0248. The fourth-order valence-corrected chi connectivity index (χ4v) is 5.38. The average molecular weight is 412 g/mol. The summed E-state index contributed by atoms with van der Waals surface area (Å²) in [5, 5.41) is 1.63. The van der Waals surface area contributed by atoms with E-state index in [0.29, 0.717) is 10.1 Å². The number of ether oxygens (including phenoxy) is 1. The molecule has 2 aromatic carbocycles. The number of carbonyl (C=O) groups excluding carboxylic acids is 1. The van der Waals surface area contributed by atoms with E-state index in [1.165, 1.54) is 11.8 Å². The molecule has 5 nitrogen and oxygen atoms in total. The van der Waals surface area contributed by atoms with Crippen LogP contribution in [0.15, 0.2) is 56.2 Å². The van der Waals surface area contributed by atoms with Crippen LogP contribution in [0.4, 0.5) is 11.4 Å². The third-order valence-electron chi connectivity index (χ3n) is 4.79. The van der Waals surface area contributed by atoms with Crippen molar-refractivity contribution in [1.82, 2.24) is 4.90 Å². The lowest BCUT2D eigenvalue weighted by molar-refractivity contribution is -0.121. The van der Waals surface area contributed by atoms with E-state index in [1.54, 1.807) is 30.8 Å². The molecule has 0 bridgehead atoms. The van der Waals surface area contributed by atoms with E-state index in [1.807, 2.05) is 45.2 Å². The van der Waals surface area contributed by atoms with E-state index in [9.17, 15) is 4.79 Å². The lowest BCUT2D eigenvalue weighted by atomic mass is 10.1. The Bertz CT molecular complexity index is 1050. The molecule has 28 heavy (non-hydrogen) atoms. The van der Waals surface area contributed by atoms with E-state index in [-0.39, 0.29) is 5.91 Å². The number of aryl methyl sites for hydroxylation is 2. The Balaban J connectivity index is 1.71. The number of carbonyl (C=O) groups is 1. The number of rotatable bonds is 2. The standard InChI is InChI=1S/C21H21N3O2S2/c1-12-6-7-13(2)15(10-12)22-21-24(4)19(25)18(28-21)20-23(3)16-11-14(26-5)8-9-17(16)27-20/h6-11H,1-5H3/b20-18-,22-21?. The van der Waals surface area contributed by atoms with Gasteiger partial charge in [-0.1, -0.05) is 23.9 Å². The van der Waals surface area contributed by atoms with Crippen LogP contribution in [0.2, 0.25) is 0 Å². The number of aliphatic imine (C=N–C) groups is 1. The van der Waals surface area contributed by atoms with Crippen molar-refractivity contribution in [1.29, 1.82) is 0 Å². The number of likely N-dealkylation sites (N-methyl/N-ethyl adjacent to an activating group) is 1. The van der Waals surface area contributed by atoms with Crippen LogP contribution in [-0.4, -0.2) is 37.2 Å². The number of methoxy groups -OCH3 is 1. The van der Waals surface area contributed by atoms with Crippen LogP contribution in [0, 0.1) is 13.8 Å². The highest BCUT2D eigenvalue weighted by Crippen LogP contribution is 2.50. The molecule has 0 saturated carbocycles. The SMILES string of the molecule is COc1ccc2c(c1)N(C)/C(=C1/SC(=Nc3cc(C)ccc3C)N(C)C1=O)S2. The summed E-state index contributed by atoms with van der Waals surface area (Å²) in [6, 6.07) is 12.1. The van der Waals surface area contributed by atoms with Crippen molar-refractivity contribution >= 4 is 46.0 Å². The molecular weight excluding hydrogens is 390 g/mol. The fourth-order valence-electron chi connectivity index (χ4n) is 3.07. The number of fused-ring (bicyclic) bond motifs is 1. The minimum absolute atomic E-state index is 0.0248. The van der Waals surface area contributed by atoms with Crippen molar-refractivity contribution in [2.45, 2.75) is 18.7 Å². The molecule has 1 amide bonds. The fraction of sp³-hybridized carbons (Fsp3) is 0.238. The molecule has 0 aromatic heterocycles. The largest absolute Gasteiger partial charge is 0.497 e. The van der Waals surface area contributed by atoms with Gasteiger partial charge in [0.2, 0.25) is 0 Å². The van der Waals surface area contributed by atoms with Gasteiger partial charge in [-0.25, -0.2) is 4.99 Å². The highest BCUT2D eigenvalue weighted by Gasteiger charge is 2.37. The molecule has 0 unspecified atom stereocenters. The predicted octanol–water partition coefficient (Wildman–Crippen LogP) is 4.92. The van der Waals surface area contributed by atoms with Crippen molar-refractivity contribution in [3.05, 3.63) is 57.5 Å². The number of amidine groups is 1. The number of hydrogen-bond donors (Lipinski definition) is 0. The van der Waals surface area contributed by atoms with Gasteiger partial charge in [0.25, 0.3) is 5.91 Å². The van der Waals surface area contributed by atoms with Gasteiger partial charge in [-0.2, -0.15) is 0 Å². The molecule has 1 fully saturated rings. The van der Waals surface area contributed by atoms with E-state index in [0.717, 1.165) is 38.2 Å². The molecule has 7 heteroatoms. The van der Waals surface area contributed by atoms with Crippen molar-refractivity contribution in [3.63, 3.8) is 0 Å². The molecule has 2 heterocycles. The molecule has 2 aliphatic heterocycles. The van der Waals surface area contributed by atoms with Crippen LogP contribution in [0.5, 0.6) is 5.75 Å². The molecule has 4 rings (SSSR count). The zero-order chi connectivity index (χ0) is 20.0. The van der Waals surface area contributed by atoms with Crippen molar-refractivity contribution in [2.24, 2.45) is 4.99 Å². The molecule has 2 aliphatic rings. The number of hydrogen-bond acceptors (Lipinski definition) is 6. The Morgan fingerprint density at radius 1 is 1.00 bits per heavy atom. The summed E-state index contributed by atoms with van der Waals surface area (Å²) in [6.07, 6.45) is 0. The van der Waals surface area contributed by atoms with Crippen LogP contribution >= 0.6 is 23.5 Å². The maximum Gasteiger partial charge on any atom is 0.269 e. The summed E-state index contributed by atoms with van der Waals surface area (Å²) >= 11 is 3.04. The van der Waals surface area contributed by atoms with E-state index < -0.39 is 0 Å². The van der Waals surface area contributed by atoms with E-state index in [2.05, 4.69) is 17.0 Å². The highest BCUT2D eigenvalue weighted by atomic mass is 32.2. The lowest BCUT2D eigenvalue weighted by Crippen LogP contribution is -2.24. The van der Waals surface area contributed by atoms with Gasteiger partial charge < -0.3 is 9.64 Å². The molecule has 0 aliphatic carbocycles. The number of benzene rings is 2. The molecule has 2 aromatic rings. The average Bonchev–Trinajstić information content (AvgIpc) is 3.15. The van der Waals surface area contributed by atoms with Gasteiger partial charge in [-0.15, -0.1) is 0 Å². The van der Waals surface area contributed by atoms with Crippen LogP contribution in [0.25, 0.3) is 0 Å². The van der Waals surface area contributed by atoms with Gasteiger partial charge in [0, 0.05) is 25.1 Å². The zero-order valence-corrected chi connectivity index (χ0v) is 18.1. The normalized spacial score (nSPS) is 20.3. The summed E-state index contributed by atoms with van der Waals surface area (Å²) in [5.41, 5.74) is 4.18. The Kier molecular flexibility index (Phi) is 4.89. The molecule has 0 radical (unpaired) electrons. The lowest BCUT2D eigenvalue weighted by Gasteiger charge is -2.15. The molecule has 0 N–H and O–H groups in total. The Morgan fingerprint density at radius 3 is 2.54 bits per heavy atom. The topological polar surface area (TPSA) is 45.1 Å². The Morgan fingerprint density at radius 2 is 1.79 bits per heavy atom. The molecule has 0 atom stereocenters. The number of thioether (sulfide) groups is 2. The number of anilines is 1. The molecular formula is C21H21N3O2S2. The smallest absolute Gasteiger partial charge is 0.269 e. The van der Waals surface area contributed by atoms with Crippen LogP contribution in [0.3, 0.4) is 0 Å². The summed E-state index contributed by atoms with van der Waals surface area (Å²) in [6.45, 7) is 4.08. The zero-order valence-electron chi connectivity index (χ0n) is 16.4. The third-order valence-corrected chi connectivity index (χ3v) is 7.28. The summed E-state index contributed by atoms with van der Waals surface area (Å²) in [4.78, 5) is 23.2. The van der Waals surface area contributed by atoms with Crippen LogP contribution in [0.1, 0.15) is 11.1 Å². The van der Waals surface area contributed by atoms with Crippen molar-refractivity contribution in [3.8, 4) is 5.75 Å². The number of amides is 1. The Hall–Kier alpha value is -2.38. The molecule has 1 saturated heterocycles. The predicted molar refractivity (Wildman–Crippen MR) is 118 cm³/mol. The monoisotopic (exact) mass is 411 g/mol. The van der Waals surface area contributed by atoms with Crippen LogP contribution < -0.4 is 9.64 Å². The second-order valence-corrected chi connectivity index (χ2v) is 8.79. The van der Waals surface area contributed by atoms with E-state index >= 15 is 0 Å². The summed E-state index contributed by atoms with van der Waals surface area (Å²) < 4.78 is 5.34. The molecule has 0 spiro atoms. The quantitative estimate of drug-likeness (QED) is 0.657. The van der Waals surface area contributed by atoms with Gasteiger partial charge in [0.05, 0.1) is 23.5 Å². The van der Waals surface area contributed by atoms with Gasteiger partial charge in [0.15, 0.2) is 5.17 Å². The van der Waals surface area contributed by atoms with Gasteiger partial charge in [0.1, 0.15) is 10.7 Å².